The molecule has 9 heteroatoms. The first kappa shape index (κ1) is 22.1. The van der Waals surface area contributed by atoms with Crippen LogP contribution < -0.4 is 0 Å². The molecule has 1 aliphatic carbocycles. The summed E-state index contributed by atoms with van der Waals surface area (Å²) in [6.07, 6.45) is 6.23. The van der Waals surface area contributed by atoms with Crippen LogP contribution in [0.1, 0.15) is 36.3 Å². The van der Waals surface area contributed by atoms with E-state index in [2.05, 4.69) is 19.9 Å². The van der Waals surface area contributed by atoms with Gasteiger partial charge in [0.25, 0.3) is 0 Å². The molecule has 1 atom stereocenters. The lowest BCUT2D eigenvalue weighted by Gasteiger charge is -2.34. The van der Waals surface area contributed by atoms with Gasteiger partial charge in [0.15, 0.2) is 0 Å². The third kappa shape index (κ3) is 3.83. The van der Waals surface area contributed by atoms with Crippen molar-refractivity contribution in [1.82, 2.24) is 19.9 Å². The lowest BCUT2D eigenvalue weighted by atomic mass is 9.81. The van der Waals surface area contributed by atoms with Gasteiger partial charge in [-0.1, -0.05) is 23.7 Å². The quantitative estimate of drug-likeness (QED) is 0.357. The van der Waals surface area contributed by atoms with Crippen LogP contribution in [0.15, 0.2) is 36.7 Å². The summed E-state index contributed by atoms with van der Waals surface area (Å²) in [5.74, 6) is -0.274. The van der Waals surface area contributed by atoms with Crippen LogP contribution in [0.5, 0.6) is 0 Å². The van der Waals surface area contributed by atoms with Gasteiger partial charge in [-0.05, 0) is 37.8 Å². The maximum absolute atomic E-state index is 14.9. The monoisotopic (exact) mass is 498 g/mol. The Kier molecular flexibility index (Phi) is 5.46. The number of fused-ring (bicyclic) bond motifs is 1. The number of aromatic amines is 1. The highest BCUT2D eigenvalue weighted by Gasteiger charge is 2.39. The zero-order valence-corrected chi connectivity index (χ0v) is 20.0. The number of aromatic nitrogens is 3. The summed E-state index contributed by atoms with van der Waals surface area (Å²) in [7, 11) is 0. The van der Waals surface area contributed by atoms with Gasteiger partial charge in [-0.2, -0.15) is 0 Å². The van der Waals surface area contributed by atoms with Gasteiger partial charge in [-0.3, -0.25) is 4.90 Å². The Hall–Kier alpha value is -2.36. The molecule has 6 nitrogen and oxygen atoms in total. The largest absolute Gasteiger partial charge is 0.392 e. The highest BCUT2D eigenvalue weighted by atomic mass is 35.5. The third-order valence-electron chi connectivity index (χ3n) is 6.95. The molecule has 1 saturated carbocycles. The number of hydrogen-bond acceptors (Lipinski definition) is 6. The second-order valence-corrected chi connectivity index (χ2v) is 10.8. The third-order valence-corrected chi connectivity index (χ3v) is 8.44. The van der Waals surface area contributed by atoms with Gasteiger partial charge < -0.3 is 15.2 Å². The van der Waals surface area contributed by atoms with E-state index in [4.69, 9.17) is 11.6 Å². The number of aliphatic hydroxyl groups excluding tert-OH is 1. The number of rotatable bonds is 5. The summed E-state index contributed by atoms with van der Waals surface area (Å²) in [5, 5.41) is 22.4. The van der Waals surface area contributed by atoms with Crippen molar-refractivity contribution in [3.05, 3.63) is 58.1 Å². The number of likely N-dealkylation sites (tertiary alicyclic amines) is 1. The Morgan fingerprint density at radius 2 is 2.09 bits per heavy atom. The molecule has 0 bridgehead atoms. The number of nitrogens with one attached hydrogen (secondary N) is 1. The predicted octanol–water partition coefficient (Wildman–Crippen LogP) is 5.08. The van der Waals surface area contributed by atoms with E-state index in [1.807, 2.05) is 12.1 Å². The molecule has 4 heterocycles. The number of β-amino-alcohol motifs (C(OH)–C–C–N with tert-alkyl or cyclic N) is 1. The minimum atomic E-state index is -0.822. The first-order chi connectivity index (χ1) is 16.4. The molecule has 2 fully saturated rings. The molecule has 2 aliphatic rings. The molecule has 3 aromatic heterocycles. The van der Waals surface area contributed by atoms with Crippen molar-refractivity contribution in [1.29, 1.82) is 0 Å². The van der Waals surface area contributed by atoms with Gasteiger partial charge in [-0.25, -0.2) is 14.4 Å². The Labute approximate surface area is 205 Å². The van der Waals surface area contributed by atoms with Crippen molar-refractivity contribution < 1.29 is 14.6 Å². The number of pyridine rings is 1. The van der Waals surface area contributed by atoms with E-state index in [1.165, 1.54) is 17.4 Å². The highest BCUT2D eigenvalue weighted by molar-refractivity contribution is 7.15. The van der Waals surface area contributed by atoms with E-state index in [0.717, 1.165) is 59.3 Å². The number of H-pyrrole nitrogens is 1. The van der Waals surface area contributed by atoms with E-state index >= 15 is 0 Å². The van der Waals surface area contributed by atoms with Crippen LogP contribution in [0.4, 0.5) is 4.39 Å². The molecule has 0 radical (unpaired) electrons. The van der Waals surface area contributed by atoms with Crippen LogP contribution in [0, 0.1) is 5.82 Å². The van der Waals surface area contributed by atoms with Gasteiger partial charge in [0.1, 0.15) is 22.1 Å². The Bertz CT molecular complexity index is 1380. The lowest BCUT2D eigenvalue weighted by Crippen LogP contribution is -2.33. The van der Waals surface area contributed by atoms with Crippen LogP contribution in [-0.4, -0.2) is 49.3 Å². The minimum Gasteiger partial charge on any atom is -0.392 e. The molecule has 0 spiro atoms. The van der Waals surface area contributed by atoms with Gasteiger partial charge in [-0.15, -0.1) is 11.3 Å². The fourth-order valence-corrected chi connectivity index (χ4v) is 6.27. The Morgan fingerprint density at radius 3 is 2.79 bits per heavy atom. The van der Waals surface area contributed by atoms with Crippen molar-refractivity contribution >= 4 is 34.0 Å². The Balaban J connectivity index is 1.33. The van der Waals surface area contributed by atoms with Gasteiger partial charge in [0.2, 0.25) is 0 Å². The average molecular weight is 499 g/mol. The zero-order valence-electron chi connectivity index (χ0n) is 18.4. The molecular weight excluding hydrogens is 475 g/mol. The summed E-state index contributed by atoms with van der Waals surface area (Å²) in [4.78, 5) is 15.1. The van der Waals surface area contributed by atoms with E-state index in [9.17, 15) is 14.6 Å². The summed E-state index contributed by atoms with van der Waals surface area (Å²) in [6, 6.07) is 7.17. The zero-order chi connectivity index (χ0) is 23.4. The fourth-order valence-electron chi connectivity index (χ4n) is 4.83. The highest BCUT2D eigenvalue weighted by Crippen LogP contribution is 2.46. The van der Waals surface area contributed by atoms with Crippen molar-refractivity contribution in [3.63, 3.8) is 0 Å². The van der Waals surface area contributed by atoms with Gasteiger partial charge >= 0.3 is 0 Å². The topological polar surface area (TPSA) is 85.3 Å². The number of halogens is 2. The maximum Gasteiger partial charge on any atom is 0.138 e. The van der Waals surface area contributed by atoms with Crippen LogP contribution >= 0.6 is 22.9 Å². The Morgan fingerprint density at radius 1 is 1.24 bits per heavy atom. The first-order valence-corrected chi connectivity index (χ1v) is 12.6. The molecule has 1 unspecified atom stereocenters. The normalized spacial score (nSPS) is 20.2. The molecule has 1 aromatic carbocycles. The molecule has 1 aliphatic heterocycles. The molecule has 0 amide bonds. The van der Waals surface area contributed by atoms with Gasteiger partial charge in [0.05, 0.1) is 16.0 Å². The smallest absolute Gasteiger partial charge is 0.138 e. The number of benzene rings is 1. The minimum absolute atomic E-state index is 0.274. The lowest BCUT2D eigenvalue weighted by molar-refractivity contribution is -0.0389. The van der Waals surface area contributed by atoms with Crippen LogP contribution in [0.2, 0.25) is 5.02 Å². The second kappa shape index (κ2) is 8.39. The summed E-state index contributed by atoms with van der Waals surface area (Å²) < 4.78 is 14.9. The predicted molar refractivity (Wildman–Crippen MR) is 131 cm³/mol. The molecule has 34 heavy (non-hydrogen) atoms. The van der Waals surface area contributed by atoms with E-state index in [0.29, 0.717) is 34.3 Å². The van der Waals surface area contributed by atoms with Crippen molar-refractivity contribution in [3.8, 4) is 21.7 Å². The average Bonchev–Trinajstić information content (AvgIpc) is 3.53. The molecule has 4 aromatic rings. The van der Waals surface area contributed by atoms with Crippen molar-refractivity contribution in [2.75, 3.05) is 13.1 Å². The number of hydrogen-bond donors (Lipinski definition) is 3. The number of aliphatic hydroxyl groups is 2. The van der Waals surface area contributed by atoms with Crippen LogP contribution in [0.3, 0.4) is 0 Å². The van der Waals surface area contributed by atoms with Crippen molar-refractivity contribution in [2.24, 2.45) is 0 Å². The molecular formula is C25H24ClFN4O2S. The SMILES string of the molecule is OC1CCN(Cc2ccc(-c3cc4c(-c5cnc(C6(O)CCC6)s5)c(Cl)cnc4[nH]3)cc2F)C1. The molecule has 6 rings (SSSR count). The maximum atomic E-state index is 14.9. The standard InChI is InChI=1S/C25H24ClFN4O2S/c26-18-10-28-23-17(22(18)21-11-29-24(34-21)25(33)5-1-6-25)9-20(30-23)14-2-3-15(19(27)8-14)12-31-7-4-16(32)13-31/h2-3,8-11,16,32-33H,1,4-7,12-13H2,(H,28,30). The first-order valence-electron chi connectivity index (χ1n) is 11.5. The molecule has 176 valence electrons. The van der Waals surface area contributed by atoms with E-state index in [-0.39, 0.29) is 11.9 Å². The summed E-state index contributed by atoms with van der Waals surface area (Å²) in [5.41, 5.74) is 2.72. The van der Waals surface area contributed by atoms with E-state index in [1.54, 1.807) is 18.5 Å². The summed E-state index contributed by atoms with van der Waals surface area (Å²) >= 11 is 8.01. The van der Waals surface area contributed by atoms with Crippen LogP contribution in [-0.2, 0) is 12.1 Å². The molecule has 3 N–H and O–H groups in total. The fraction of sp³-hybridized carbons (Fsp3) is 0.360. The summed E-state index contributed by atoms with van der Waals surface area (Å²) in [6.45, 7) is 1.84. The van der Waals surface area contributed by atoms with E-state index < -0.39 is 5.60 Å². The molecule has 1 saturated heterocycles. The van der Waals surface area contributed by atoms with Crippen LogP contribution in [0.25, 0.3) is 32.7 Å². The van der Waals surface area contributed by atoms with Crippen molar-refractivity contribution in [2.45, 2.75) is 43.9 Å². The number of nitrogens with zero attached hydrogens (tertiary/aromatic N) is 3. The number of thiazole rings is 1. The van der Waals surface area contributed by atoms with Gasteiger partial charge in [0, 0.05) is 59.8 Å². The second-order valence-electron chi connectivity index (χ2n) is 9.33.